The van der Waals surface area contributed by atoms with Gasteiger partial charge in [-0.1, -0.05) is 43.2 Å². The second kappa shape index (κ2) is 7.94. The minimum atomic E-state index is 0.707. The zero-order valence-corrected chi connectivity index (χ0v) is 15.6. The van der Waals surface area contributed by atoms with Gasteiger partial charge >= 0.3 is 0 Å². The lowest BCUT2D eigenvalue weighted by atomic mass is 9.82. The highest BCUT2D eigenvalue weighted by Crippen LogP contribution is 2.35. The van der Waals surface area contributed by atoms with E-state index in [9.17, 15) is 0 Å². The number of fused-ring (bicyclic) bond motifs is 1. The smallest absolute Gasteiger partial charge is 0.194 e. The fourth-order valence-corrected chi connectivity index (χ4v) is 4.50. The maximum atomic E-state index is 4.54. The summed E-state index contributed by atoms with van der Waals surface area (Å²) in [5, 5.41) is 3.54. The number of nitrogens with zero attached hydrogens (tertiary/aromatic N) is 4. The zero-order chi connectivity index (χ0) is 17.8. The van der Waals surface area contributed by atoms with Gasteiger partial charge in [-0.25, -0.2) is 4.98 Å². The molecule has 2 fully saturated rings. The van der Waals surface area contributed by atoms with Crippen molar-refractivity contribution in [3.63, 3.8) is 0 Å². The molecule has 0 radical (unpaired) electrons. The molecule has 5 heteroatoms. The summed E-state index contributed by atoms with van der Waals surface area (Å²) in [6.45, 7) is 3.87. The number of guanidine groups is 1. The lowest BCUT2D eigenvalue weighted by Crippen LogP contribution is -2.40. The van der Waals surface area contributed by atoms with Crippen LogP contribution in [0.1, 0.15) is 37.1 Å². The monoisotopic (exact) mass is 351 g/mol. The molecule has 1 saturated heterocycles. The van der Waals surface area contributed by atoms with Gasteiger partial charge in [0, 0.05) is 39.1 Å². The molecule has 1 saturated carbocycles. The standard InChI is InChI=1S/C21H29N5/c1-22-21(26-15-18-9-5-6-10-19(18)16-26)24-13-20-23-11-12-25(20)14-17-7-3-2-4-8-17/h2-4,7-8,11-12,18-19H,5-6,9-10,13-16H2,1H3,(H,22,24). The Hall–Kier alpha value is -2.30. The number of hydrogen-bond donors (Lipinski definition) is 1. The number of aliphatic imine (C=N–C) groups is 1. The summed E-state index contributed by atoms with van der Waals surface area (Å²) >= 11 is 0. The Balaban J connectivity index is 1.37. The van der Waals surface area contributed by atoms with E-state index < -0.39 is 0 Å². The first-order chi connectivity index (χ1) is 12.8. The molecule has 0 bridgehead atoms. The minimum Gasteiger partial charge on any atom is -0.349 e. The molecule has 2 aromatic rings. The van der Waals surface area contributed by atoms with Crippen molar-refractivity contribution in [3.8, 4) is 0 Å². The molecule has 1 aromatic carbocycles. The Kier molecular flexibility index (Phi) is 5.23. The van der Waals surface area contributed by atoms with Gasteiger partial charge in [0.2, 0.25) is 0 Å². The van der Waals surface area contributed by atoms with Crippen LogP contribution in [0.5, 0.6) is 0 Å². The lowest BCUT2D eigenvalue weighted by Gasteiger charge is -2.22. The predicted octanol–water partition coefficient (Wildman–Crippen LogP) is 3.13. The molecule has 4 rings (SSSR count). The van der Waals surface area contributed by atoms with Crippen LogP contribution >= 0.6 is 0 Å². The van der Waals surface area contributed by atoms with E-state index in [0.29, 0.717) is 6.54 Å². The Morgan fingerprint density at radius 2 is 1.88 bits per heavy atom. The highest BCUT2D eigenvalue weighted by atomic mass is 15.3. The molecule has 1 aliphatic heterocycles. The first-order valence-corrected chi connectivity index (χ1v) is 9.83. The van der Waals surface area contributed by atoms with E-state index in [-0.39, 0.29) is 0 Å². The van der Waals surface area contributed by atoms with Crippen LogP contribution in [0.2, 0.25) is 0 Å². The minimum absolute atomic E-state index is 0.707. The molecule has 0 spiro atoms. The normalized spacial score (nSPS) is 23.1. The Morgan fingerprint density at radius 3 is 2.58 bits per heavy atom. The number of likely N-dealkylation sites (tertiary alicyclic amines) is 1. The first kappa shape index (κ1) is 17.1. The van der Waals surface area contributed by atoms with Crippen LogP contribution in [0.25, 0.3) is 0 Å². The summed E-state index contributed by atoms with van der Waals surface area (Å²) < 4.78 is 2.21. The van der Waals surface area contributed by atoms with Crippen molar-refractivity contribution in [1.82, 2.24) is 19.8 Å². The van der Waals surface area contributed by atoms with Crippen LogP contribution in [-0.2, 0) is 13.1 Å². The summed E-state index contributed by atoms with van der Waals surface area (Å²) in [7, 11) is 1.89. The molecule has 1 N–H and O–H groups in total. The molecule has 2 unspecified atom stereocenters. The van der Waals surface area contributed by atoms with Crippen LogP contribution in [0.15, 0.2) is 47.7 Å². The van der Waals surface area contributed by atoms with Gasteiger partial charge in [0.25, 0.3) is 0 Å². The molecular weight excluding hydrogens is 322 g/mol. The van der Waals surface area contributed by atoms with Crippen molar-refractivity contribution in [3.05, 3.63) is 54.1 Å². The molecule has 0 amide bonds. The highest BCUT2D eigenvalue weighted by Gasteiger charge is 2.35. The van der Waals surface area contributed by atoms with E-state index >= 15 is 0 Å². The molecule has 2 heterocycles. The maximum absolute atomic E-state index is 4.54. The first-order valence-electron chi connectivity index (χ1n) is 9.83. The molecule has 138 valence electrons. The Morgan fingerprint density at radius 1 is 1.15 bits per heavy atom. The van der Waals surface area contributed by atoms with Gasteiger partial charge in [0.05, 0.1) is 6.54 Å². The molecule has 5 nitrogen and oxygen atoms in total. The van der Waals surface area contributed by atoms with Gasteiger partial charge < -0.3 is 14.8 Å². The van der Waals surface area contributed by atoms with Crippen LogP contribution < -0.4 is 5.32 Å². The van der Waals surface area contributed by atoms with Gasteiger partial charge in [-0.2, -0.15) is 0 Å². The third kappa shape index (κ3) is 3.76. The second-order valence-electron chi connectivity index (χ2n) is 7.57. The predicted molar refractivity (Wildman–Crippen MR) is 105 cm³/mol. The maximum Gasteiger partial charge on any atom is 0.194 e. The van der Waals surface area contributed by atoms with Crippen molar-refractivity contribution in [2.45, 2.75) is 38.8 Å². The largest absolute Gasteiger partial charge is 0.349 e. The van der Waals surface area contributed by atoms with Crippen LogP contribution in [0.3, 0.4) is 0 Å². The zero-order valence-electron chi connectivity index (χ0n) is 15.6. The van der Waals surface area contributed by atoms with Crippen LogP contribution in [0.4, 0.5) is 0 Å². The number of nitrogens with one attached hydrogen (secondary N) is 1. The van der Waals surface area contributed by atoms with E-state index in [1.807, 2.05) is 13.2 Å². The van der Waals surface area contributed by atoms with Crippen LogP contribution in [-0.4, -0.2) is 40.5 Å². The number of benzene rings is 1. The molecule has 2 atom stereocenters. The van der Waals surface area contributed by atoms with E-state index in [1.165, 1.54) is 31.2 Å². The van der Waals surface area contributed by atoms with Crippen molar-refractivity contribution in [2.24, 2.45) is 16.8 Å². The van der Waals surface area contributed by atoms with E-state index in [2.05, 4.69) is 61.3 Å². The topological polar surface area (TPSA) is 45.5 Å². The van der Waals surface area contributed by atoms with E-state index in [4.69, 9.17) is 0 Å². The molecule has 26 heavy (non-hydrogen) atoms. The average Bonchev–Trinajstić information content (AvgIpc) is 3.30. The molecule has 1 aromatic heterocycles. The number of hydrogen-bond acceptors (Lipinski definition) is 2. The number of imidazole rings is 1. The van der Waals surface area contributed by atoms with E-state index in [0.717, 1.165) is 43.3 Å². The summed E-state index contributed by atoms with van der Waals surface area (Å²) in [4.78, 5) is 11.5. The molecule has 1 aliphatic carbocycles. The molecule has 2 aliphatic rings. The highest BCUT2D eigenvalue weighted by molar-refractivity contribution is 5.80. The third-order valence-electron chi connectivity index (χ3n) is 5.89. The van der Waals surface area contributed by atoms with Crippen molar-refractivity contribution >= 4 is 5.96 Å². The fraction of sp³-hybridized carbons (Fsp3) is 0.524. The second-order valence-corrected chi connectivity index (χ2v) is 7.57. The van der Waals surface area contributed by atoms with E-state index in [1.54, 1.807) is 0 Å². The summed E-state index contributed by atoms with van der Waals surface area (Å²) in [5.74, 6) is 3.80. The van der Waals surface area contributed by atoms with Gasteiger partial charge in [-0.3, -0.25) is 4.99 Å². The Labute approximate surface area is 156 Å². The van der Waals surface area contributed by atoms with Crippen molar-refractivity contribution < 1.29 is 0 Å². The SMILES string of the molecule is CN=C(NCc1nccn1Cc1ccccc1)N1CC2CCCCC2C1. The Bertz CT molecular complexity index is 722. The van der Waals surface area contributed by atoms with Gasteiger partial charge in [-0.15, -0.1) is 0 Å². The van der Waals surface area contributed by atoms with Gasteiger partial charge in [0.15, 0.2) is 5.96 Å². The quantitative estimate of drug-likeness (QED) is 0.680. The number of rotatable bonds is 4. The number of aromatic nitrogens is 2. The van der Waals surface area contributed by atoms with Crippen LogP contribution in [0, 0.1) is 11.8 Å². The third-order valence-corrected chi connectivity index (χ3v) is 5.89. The van der Waals surface area contributed by atoms with Crippen molar-refractivity contribution in [1.29, 1.82) is 0 Å². The summed E-state index contributed by atoms with van der Waals surface area (Å²) in [6, 6.07) is 10.5. The summed E-state index contributed by atoms with van der Waals surface area (Å²) in [5.41, 5.74) is 1.29. The van der Waals surface area contributed by atoms with Gasteiger partial charge in [-0.05, 0) is 30.2 Å². The fourth-order valence-electron chi connectivity index (χ4n) is 4.50. The lowest BCUT2D eigenvalue weighted by molar-refractivity contribution is 0.299. The summed E-state index contributed by atoms with van der Waals surface area (Å²) in [6.07, 6.45) is 9.51. The van der Waals surface area contributed by atoms with Gasteiger partial charge in [0.1, 0.15) is 5.82 Å². The van der Waals surface area contributed by atoms with Crippen molar-refractivity contribution in [2.75, 3.05) is 20.1 Å². The average molecular weight is 351 g/mol. The molecular formula is C21H29N5.